The van der Waals surface area contributed by atoms with Gasteiger partial charge in [0.1, 0.15) is 11.6 Å². The summed E-state index contributed by atoms with van der Waals surface area (Å²) in [5.74, 6) is 0.437. The predicted molar refractivity (Wildman–Crippen MR) is 64.2 cm³/mol. The van der Waals surface area contributed by atoms with Gasteiger partial charge in [-0.1, -0.05) is 35.8 Å². The van der Waals surface area contributed by atoms with E-state index in [1.165, 1.54) is 6.07 Å². The van der Waals surface area contributed by atoms with Gasteiger partial charge in [-0.15, -0.1) is 0 Å². The maximum Gasteiger partial charge on any atom is 0.130 e. The van der Waals surface area contributed by atoms with Gasteiger partial charge in [-0.25, -0.2) is 4.39 Å². The summed E-state index contributed by atoms with van der Waals surface area (Å²) < 4.78 is 18.8. The van der Waals surface area contributed by atoms with Crippen molar-refractivity contribution in [2.75, 3.05) is 12.4 Å². The fourth-order valence-corrected chi connectivity index (χ4v) is 1.63. The Kier molecular flexibility index (Phi) is 4.14. The van der Waals surface area contributed by atoms with Crippen molar-refractivity contribution in [2.45, 2.75) is 20.3 Å². The lowest BCUT2D eigenvalue weighted by Crippen LogP contribution is -2.18. The Bertz CT molecular complexity index is 336. The fraction of sp³-hybridized carbons (Fsp3) is 0.500. The number of rotatable bonds is 4. The summed E-state index contributed by atoms with van der Waals surface area (Å²) in [6.07, 6.45) is 0.661. The summed E-state index contributed by atoms with van der Waals surface area (Å²) in [5, 5.41) is 0.831. The lowest BCUT2D eigenvalue weighted by molar-refractivity contribution is 0.375. The molecule has 3 heteroatoms. The van der Waals surface area contributed by atoms with Gasteiger partial charge in [0, 0.05) is 10.9 Å². The number of hydrogen-bond acceptors (Lipinski definition) is 1. The Balaban J connectivity index is 3.02. The van der Waals surface area contributed by atoms with E-state index in [0.29, 0.717) is 17.7 Å². The molecule has 0 radical (unpaired) electrons. The molecule has 0 unspecified atom stereocenters. The molecule has 1 nitrogen and oxygen atoms in total. The minimum absolute atomic E-state index is 0.0233. The zero-order chi connectivity index (χ0) is 11.5. The summed E-state index contributed by atoms with van der Waals surface area (Å²) in [6.45, 7) is 4.18. The molecule has 0 spiro atoms. The maximum absolute atomic E-state index is 13.6. The average molecular weight is 275 g/mol. The molecule has 0 saturated carbocycles. The molecular formula is C12H16BrFO. The second kappa shape index (κ2) is 4.97. The first-order valence-corrected chi connectivity index (χ1v) is 5.99. The molecule has 0 fully saturated rings. The first-order chi connectivity index (χ1) is 7.00. The molecule has 84 valence electrons. The van der Waals surface area contributed by atoms with Crippen LogP contribution >= 0.6 is 15.9 Å². The van der Waals surface area contributed by atoms with Gasteiger partial charge >= 0.3 is 0 Å². The highest BCUT2D eigenvalue weighted by molar-refractivity contribution is 9.09. The molecular weight excluding hydrogens is 259 g/mol. The largest absolute Gasteiger partial charge is 0.496 e. The molecule has 1 aromatic rings. The predicted octanol–water partition coefficient (Wildman–Crippen LogP) is 3.80. The standard InChI is InChI=1S/C12H16BrFO/c1-12(2,8-13)7-9-10(14)5-4-6-11(9)15-3/h4-6H,7-8H2,1-3H3. The van der Waals surface area contributed by atoms with Gasteiger partial charge in [0.15, 0.2) is 0 Å². The molecule has 0 aliphatic carbocycles. The van der Waals surface area contributed by atoms with E-state index in [1.807, 2.05) is 0 Å². The molecule has 0 bridgehead atoms. The van der Waals surface area contributed by atoms with Gasteiger partial charge in [-0.05, 0) is 24.0 Å². The van der Waals surface area contributed by atoms with E-state index in [4.69, 9.17) is 4.74 Å². The highest BCUT2D eigenvalue weighted by atomic mass is 79.9. The van der Waals surface area contributed by atoms with Crippen LogP contribution in [0.4, 0.5) is 4.39 Å². The van der Waals surface area contributed by atoms with Crippen LogP contribution in [0.3, 0.4) is 0 Å². The summed E-state index contributed by atoms with van der Waals surface area (Å²) in [4.78, 5) is 0. The van der Waals surface area contributed by atoms with Gasteiger partial charge in [-0.2, -0.15) is 0 Å². The molecule has 0 N–H and O–H groups in total. The lowest BCUT2D eigenvalue weighted by Gasteiger charge is -2.23. The molecule has 0 heterocycles. The third-order valence-corrected chi connectivity index (χ3v) is 3.83. The van der Waals surface area contributed by atoms with E-state index in [9.17, 15) is 4.39 Å². The van der Waals surface area contributed by atoms with Crippen LogP contribution in [0.1, 0.15) is 19.4 Å². The van der Waals surface area contributed by atoms with Crippen molar-refractivity contribution in [3.05, 3.63) is 29.6 Å². The first kappa shape index (κ1) is 12.5. The molecule has 1 rings (SSSR count). The minimum atomic E-state index is -0.191. The molecule has 1 aromatic carbocycles. The molecule has 0 amide bonds. The normalized spacial score (nSPS) is 11.5. The van der Waals surface area contributed by atoms with Gasteiger partial charge in [0.25, 0.3) is 0 Å². The minimum Gasteiger partial charge on any atom is -0.496 e. The first-order valence-electron chi connectivity index (χ1n) is 4.87. The van der Waals surface area contributed by atoms with Crippen LogP contribution in [0, 0.1) is 11.2 Å². The van der Waals surface area contributed by atoms with Crippen LogP contribution in [0.15, 0.2) is 18.2 Å². The maximum atomic E-state index is 13.6. The van der Waals surface area contributed by atoms with Crippen LogP contribution < -0.4 is 4.74 Å². The fourth-order valence-electron chi connectivity index (χ4n) is 1.43. The molecule has 0 aliphatic heterocycles. The van der Waals surface area contributed by atoms with E-state index >= 15 is 0 Å². The highest BCUT2D eigenvalue weighted by Crippen LogP contribution is 2.30. The summed E-state index contributed by atoms with van der Waals surface area (Å²) in [5.41, 5.74) is 0.680. The Morgan fingerprint density at radius 3 is 2.60 bits per heavy atom. The van der Waals surface area contributed by atoms with E-state index in [0.717, 1.165) is 5.33 Å². The van der Waals surface area contributed by atoms with E-state index in [-0.39, 0.29) is 11.2 Å². The smallest absolute Gasteiger partial charge is 0.130 e. The van der Waals surface area contributed by atoms with Crippen molar-refractivity contribution in [1.82, 2.24) is 0 Å². The van der Waals surface area contributed by atoms with Crippen LogP contribution in [-0.2, 0) is 6.42 Å². The van der Waals surface area contributed by atoms with Crippen molar-refractivity contribution < 1.29 is 9.13 Å². The third-order valence-electron chi connectivity index (χ3n) is 2.31. The van der Waals surface area contributed by atoms with Crippen molar-refractivity contribution in [3.63, 3.8) is 0 Å². The summed E-state index contributed by atoms with van der Waals surface area (Å²) in [7, 11) is 1.57. The quantitative estimate of drug-likeness (QED) is 0.759. The average Bonchev–Trinajstić information content (AvgIpc) is 2.21. The van der Waals surface area contributed by atoms with E-state index < -0.39 is 0 Å². The number of hydrogen-bond donors (Lipinski definition) is 0. The highest BCUT2D eigenvalue weighted by Gasteiger charge is 2.21. The lowest BCUT2D eigenvalue weighted by atomic mass is 9.87. The zero-order valence-corrected chi connectivity index (χ0v) is 10.9. The van der Waals surface area contributed by atoms with Crippen molar-refractivity contribution >= 4 is 15.9 Å². The second-order valence-electron chi connectivity index (χ2n) is 4.40. The van der Waals surface area contributed by atoms with Crippen molar-refractivity contribution in [1.29, 1.82) is 0 Å². The molecule has 0 atom stereocenters. The Morgan fingerprint density at radius 1 is 1.40 bits per heavy atom. The second-order valence-corrected chi connectivity index (χ2v) is 4.96. The van der Waals surface area contributed by atoms with Gasteiger partial charge in [0.05, 0.1) is 7.11 Å². The van der Waals surface area contributed by atoms with Gasteiger partial charge < -0.3 is 4.74 Å². The monoisotopic (exact) mass is 274 g/mol. The van der Waals surface area contributed by atoms with Crippen LogP contribution in [0.2, 0.25) is 0 Å². The molecule has 15 heavy (non-hydrogen) atoms. The molecule has 0 saturated heterocycles. The number of halogens is 2. The number of alkyl halides is 1. The third kappa shape index (κ3) is 3.20. The number of methoxy groups -OCH3 is 1. The van der Waals surface area contributed by atoms with Crippen molar-refractivity contribution in [3.8, 4) is 5.75 Å². The van der Waals surface area contributed by atoms with Crippen LogP contribution in [0.25, 0.3) is 0 Å². The number of benzene rings is 1. The zero-order valence-electron chi connectivity index (χ0n) is 9.31. The Hall–Kier alpha value is -0.570. The van der Waals surface area contributed by atoms with Crippen LogP contribution in [-0.4, -0.2) is 12.4 Å². The Morgan fingerprint density at radius 2 is 2.07 bits per heavy atom. The Labute approximate surface area is 98.8 Å². The van der Waals surface area contributed by atoms with Gasteiger partial charge in [0.2, 0.25) is 0 Å². The SMILES string of the molecule is COc1cccc(F)c1CC(C)(C)CBr. The number of ether oxygens (including phenoxy) is 1. The van der Waals surface area contributed by atoms with Crippen LogP contribution in [0.5, 0.6) is 5.75 Å². The summed E-state index contributed by atoms with van der Waals surface area (Å²) in [6, 6.07) is 4.93. The topological polar surface area (TPSA) is 9.23 Å². The molecule has 0 aliphatic rings. The van der Waals surface area contributed by atoms with Crippen molar-refractivity contribution in [2.24, 2.45) is 5.41 Å². The molecule has 0 aromatic heterocycles. The van der Waals surface area contributed by atoms with E-state index in [1.54, 1.807) is 19.2 Å². The van der Waals surface area contributed by atoms with Gasteiger partial charge in [-0.3, -0.25) is 0 Å². The summed E-state index contributed by atoms with van der Waals surface area (Å²) >= 11 is 3.44. The van der Waals surface area contributed by atoms with E-state index in [2.05, 4.69) is 29.8 Å².